The van der Waals surface area contributed by atoms with Crippen LogP contribution in [-0.4, -0.2) is 51.7 Å². The molecule has 1 aliphatic heterocycles. The largest absolute Gasteiger partial charge is 0.397 e. The van der Waals surface area contributed by atoms with Crippen molar-refractivity contribution in [3.63, 3.8) is 0 Å². The van der Waals surface area contributed by atoms with E-state index in [4.69, 9.17) is 22.1 Å². The molecule has 0 aliphatic carbocycles. The van der Waals surface area contributed by atoms with Crippen LogP contribution < -0.4 is 11.1 Å². The van der Waals surface area contributed by atoms with E-state index >= 15 is 0 Å². The number of rotatable bonds is 6. The highest BCUT2D eigenvalue weighted by atomic mass is 35.5. The summed E-state index contributed by atoms with van der Waals surface area (Å²) in [6.45, 7) is -0.677. The summed E-state index contributed by atoms with van der Waals surface area (Å²) < 4.78 is 73.2. The van der Waals surface area contributed by atoms with Crippen LogP contribution in [0.25, 0.3) is 5.70 Å². The number of thioether (sulfide) groups is 1. The average Bonchev–Trinajstić information content (AvgIpc) is 2.78. The van der Waals surface area contributed by atoms with Crippen LogP contribution in [0.15, 0.2) is 35.4 Å². The van der Waals surface area contributed by atoms with Gasteiger partial charge in [0.2, 0.25) is 0 Å². The highest BCUT2D eigenvalue weighted by Crippen LogP contribution is 2.37. The van der Waals surface area contributed by atoms with Crippen molar-refractivity contribution in [1.29, 1.82) is 0 Å². The van der Waals surface area contributed by atoms with E-state index in [1.54, 1.807) is 0 Å². The third-order valence-electron chi connectivity index (χ3n) is 4.88. The minimum absolute atomic E-state index is 0.162. The molecule has 5 unspecified atom stereocenters. The molecule has 1 aliphatic rings. The van der Waals surface area contributed by atoms with Gasteiger partial charge in [-0.3, -0.25) is 0 Å². The Labute approximate surface area is 193 Å². The molecule has 2 aromatic carbocycles. The van der Waals surface area contributed by atoms with Crippen LogP contribution in [-0.2, 0) is 4.74 Å². The number of halogens is 6. The van der Waals surface area contributed by atoms with Crippen LogP contribution in [0, 0.1) is 29.1 Å². The van der Waals surface area contributed by atoms with Crippen LogP contribution in [0.1, 0.15) is 5.56 Å². The topological polar surface area (TPSA) is 108 Å². The van der Waals surface area contributed by atoms with Crippen molar-refractivity contribution >= 4 is 29.1 Å². The van der Waals surface area contributed by atoms with E-state index in [0.717, 1.165) is 18.3 Å². The SMILES string of the molecule is N/C(=C\NC1C(O)C(CO)OC(Sc2ccc(F)c(Cl)c2F)C1O)c1cc(F)c(F)c(F)c1. The zero-order chi connectivity index (χ0) is 24.4. The summed E-state index contributed by atoms with van der Waals surface area (Å²) in [6, 6.07) is 2.05. The van der Waals surface area contributed by atoms with Gasteiger partial charge >= 0.3 is 0 Å². The number of aliphatic hydroxyl groups is 3. The molecular formula is C20H18ClF5N2O4S. The molecule has 13 heteroatoms. The Kier molecular flexibility index (Phi) is 8.08. The number of ether oxygens (including phenoxy) is 1. The van der Waals surface area contributed by atoms with Gasteiger partial charge in [-0.1, -0.05) is 23.4 Å². The zero-order valence-corrected chi connectivity index (χ0v) is 18.1. The van der Waals surface area contributed by atoms with Crippen LogP contribution in [0.3, 0.4) is 0 Å². The van der Waals surface area contributed by atoms with Gasteiger partial charge in [0, 0.05) is 16.7 Å². The molecule has 1 saturated heterocycles. The Bertz CT molecular complexity index is 1040. The predicted molar refractivity (Wildman–Crippen MR) is 110 cm³/mol. The first-order valence-electron chi connectivity index (χ1n) is 9.34. The molecule has 6 N–H and O–H groups in total. The maximum Gasteiger partial charge on any atom is 0.194 e. The molecule has 0 bridgehead atoms. The van der Waals surface area contributed by atoms with Crippen molar-refractivity contribution in [3.8, 4) is 0 Å². The van der Waals surface area contributed by atoms with E-state index in [-0.39, 0.29) is 16.2 Å². The summed E-state index contributed by atoms with van der Waals surface area (Å²) in [6.07, 6.45) is -3.24. The molecular weight excluding hydrogens is 495 g/mol. The molecule has 0 aromatic heterocycles. The van der Waals surface area contributed by atoms with Crippen molar-refractivity contribution in [2.24, 2.45) is 5.73 Å². The van der Waals surface area contributed by atoms with E-state index in [2.05, 4.69) is 5.32 Å². The van der Waals surface area contributed by atoms with Crippen molar-refractivity contribution in [2.75, 3.05) is 6.61 Å². The maximum atomic E-state index is 14.3. The Morgan fingerprint density at radius 3 is 2.30 bits per heavy atom. The Hall–Kier alpha value is -2.09. The number of aliphatic hydroxyl groups excluding tert-OH is 3. The number of nitrogens with two attached hydrogens (primary N) is 1. The van der Waals surface area contributed by atoms with E-state index < -0.39 is 70.5 Å². The van der Waals surface area contributed by atoms with Gasteiger partial charge in [0.1, 0.15) is 34.6 Å². The van der Waals surface area contributed by atoms with Gasteiger partial charge in [-0.15, -0.1) is 0 Å². The van der Waals surface area contributed by atoms with Gasteiger partial charge < -0.3 is 31.1 Å². The third kappa shape index (κ3) is 5.36. The molecule has 33 heavy (non-hydrogen) atoms. The second-order valence-electron chi connectivity index (χ2n) is 7.04. The fraction of sp³-hybridized carbons (Fsp3) is 0.300. The molecule has 180 valence electrons. The lowest BCUT2D eigenvalue weighted by Gasteiger charge is -2.42. The molecule has 1 heterocycles. The summed E-state index contributed by atoms with van der Waals surface area (Å²) in [4.78, 5) is -0.162. The van der Waals surface area contributed by atoms with Crippen LogP contribution >= 0.6 is 23.4 Å². The lowest BCUT2D eigenvalue weighted by molar-refractivity contribution is -0.164. The number of nitrogens with one attached hydrogen (secondary N) is 1. The van der Waals surface area contributed by atoms with Gasteiger partial charge in [0.25, 0.3) is 0 Å². The summed E-state index contributed by atoms with van der Waals surface area (Å²) in [5, 5.41) is 32.4. The fourth-order valence-electron chi connectivity index (χ4n) is 3.10. The quantitative estimate of drug-likeness (QED) is 0.299. The van der Waals surface area contributed by atoms with Gasteiger partial charge in [0.05, 0.1) is 18.3 Å². The first-order chi connectivity index (χ1) is 15.5. The first-order valence-corrected chi connectivity index (χ1v) is 10.6. The van der Waals surface area contributed by atoms with Crippen molar-refractivity contribution in [2.45, 2.75) is 34.7 Å². The van der Waals surface area contributed by atoms with Crippen molar-refractivity contribution < 1.29 is 42.0 Å². The van der Waals surface area contributed by atoms with E-state index in [1.807, 2.05) is 0 Å². The summed E-state index contributed by atoms with van der Waals surface area (Å²) >= 11 is 6.19. The molecule has 1 fully saturated rings. The third-order valence-corrected chi connectivity index (χ3v) is 6.41. The van der Waals surface area contributed by atoms with Gasteiger partial charge in [-0.25, -0.2) is 22.0 Å². The zero-order valence-electron chi connectivity index (χ0n) is 16.5. The van der Waals surface area contributed by atoms with Gasteiger partial charge in [0.15, 0.2) is 23.3 Å². The molecule has 3 rings (SSSR count). The second-order valence-corrected chi connectivity index (χ2v) is 8.56. The molecule has 0 radical (unpaired) electrons. The highest BCUT2D eigenvalue weighted by molar-refractivity contribution is 7.99. The van der Waals surface area contributed by atoms with Crippen LogP contribution in [0.4, 0.5) is 22.0 Å². The summed E-state index contributed by atoms with van der Waals surface area (Å²) in [5.41, 5.74) is 4.02. The maximum absolute atomic E-state index is 14.3. The van der Waals surface area contributed by atoms with Gasteiger partial charge in [-0.05, 0) is 24.3 Å². The summed E-state index contributed by atoms with van der Waals surface area (Å²) in [5.74, 6) is -6.68. The normalized spacial score (nSPS) is 25.8. The molecule has 0 amide bonds. The first kappa shape index (κ1) is 25.5. The molecule has 0 saturated carbocycles. The lowest BCUT2D eigenvalue weighted by Crippen LogP contribution is -2.62. The smallest absolute Gasteiger partial charge is 0.194 e. The Balaban J connectivity index is 1.83. The molecule has 0 spiro atoms. The minimum atomic E-state index is -1.67. The van der Waals surface area contributed by atoms with Crippen LogP contribution in [0.5, 0.6) is 0 Å². The Morgan fingerprint density at radius 1 is 1.06 bits per heavy atom. The van der Waals surface area contributed by atoms with Gasteiger partial charge in [-0.2, -0.15) is 0 Å². The molecule has 5 atom stereocenters. The monoisotopic (exact) mass is 512 g/mol. The number of benzene rings is 2. The number of hydrogen-bond donors (Lipinski definition) is 5. The van der Waals surface area contributed by atoms with E-state index in [9.17, 15) is 37.3 Å². The molecule has 6 nitrogen and oxygen atoms in total. The minimum Gasteiger partial charge on any atom is -0.397 e. The standard InChI is InChI=1S/C20H18ClF5N2O4S/c21-14-8(22)1-2-13(16(14)26)33-20-19(31)17(18(30)12(6-29)32-20)28-5-11(27)7-3-9(23)15(25)10(24)4-7/h1-5,12,17-20,28-31H,6,27H2/b11-5-. The van der Waals surface area contributed by atoms with Crippen molar-refractivity contribution in [3.05, 3.63) is 70.1 Å². The summed E-state index contributed by atoms with van der Waals surface area (Å²) in [7, 11) is 0. The Morgan fingerprint density at radius 2 is 1.70 bits per heavy atom. The average molecular weight is 513 g/mol. The fourth-order valence-corrected chi connectivity index (χ4v) is 4.43. The van der Waals surface area contributed by atoms with E-state index in [0.29, 0.717) is 23.9 Å². The highest BCUT2D eigenvalue weighted by Gasteiger charge is 2.44. The van der Waals surface area contributed by atoms with Crippen LogP contribution in [0.2, 0.25) is 5.02 Å². The second kappa shape index (κ2) is 10.5. The lowest BCUT2D eigenvalue weighted by atomic mass is 9.97. The predicted octanol–water partition coefficient (Wildman–Crippen LogP) is 2.48. The van der Waals surface area contributed by atoms with E-state index in [1.165, 1.54) is 0 Å². The van der Waals surface area contributed by atoms with Crippen molar-refractivity contribution in [1.82, 2.24) is 5.32 Å². The molecule has 2 aromatic rings. The number of hydrogen-bond acceptors (Lipinski definition) is 7.